The van der Waals surface area contributed by atoms with Gasteiger partial charge in [-0.1, -0.05) is 0 Å². The number of hydrogen-bond donors (Lipinski definition) is 3. The van der Waals surface area contributed by atoms with Crippen molar-refractivity contribution in [3.05, 3.63) is 17.3 Å². The molecule has 0 fully saturated rings. The second-order valence-corrected chi connectivity index (χ2v) is 2.89. The molecule has 1 rings (SSSR count). The summed E-state index contributed by atoms with van der Waals surface area (Å²) < 4.78 is 39.4. The van der Waals surface area contributed by atoms with Crippen LogP contribution in [0.1, 0.15) is 11.3 Å². The lowest BCUT2D eigenvalue weighted by atomic mass is 10.2. The number of alkyl halides is 3. The Balaban J connectivity index is 3.12. The lowest BCUT2D eigenvalue weighted by Gasteiger charge is -2.12. The maximum atomic E-state index is 11.9. The predicted octanol–water partition coefficient (Wildman–Crippen LogP) is 0.513. The lowest BCUT2D eigenvalue weighted by Crippen LogP contribution is -2.19. The zero-order valence-electron chi connectivity index (χ0n) is 8.08. The van der Waals surface area contributed by atoms with E-state index in [9.17, 15) is 13.2 Å². The van der Waals surface area contributed by atoms with Gasteiger partial charge in [0.25, 0.3) is 0 Å². The van der Waals surface area contributed by atoms with Gasteiger partial charge in [0.1, 0.15) is 0 Å². The van der Waals surface area contributed by atoms with E-state index in [0.29, 0.717) is 0 Å². The molecule has 0 saturated heterocycles. The smallest absolute Gasteiger partial charge is 0.397 e. The first-order valence-electron chi connectivity index (χ1n) is 4.22. The maximum absolute atomic E-state index is 11.9. The standard InChI is InChI=1S/C8H10F3N3O2/c9-8(10,11)16-6-1-4(2-12)7(13)5(3-15)14-6/h1,15H,2-3,12-13H2. The Morgan fingerprint density at radius 1 is 1.44 bits per heavy atom. The van der Waals surface area contributed by atoms with Gasteiger partial charge >= 0.3 is 6.36 Å². The highest BCUT2D eigenvalue weighted by Gasteiger charge is 2.32. The molecule has 0 amide bonds. The molecule has 0 saturated carbocycles. The second kappa shape index (κ2) is 4.54. The average molecular weight is 237 g/mol. The predicted molar refractivity (Wildman–Crippen MR) is 49.1 cm³/mol. The van der Waals surface area contributed by atoms with Gasteiger partial charge < -0.3 is 21.3 Å². The molecule has 0 unspecified atom stereocenters. The summed E-state index contributed by atoms with van der Waals surface area (Å²) in [6.07, 6.45) is -4.85. The van der Waals surface area contributed by atoms with Crippen LogP contribution in [0.2, 0.25) is 0 Å². The fraction of sp³-hybridized carbons (Fsp3) is 0.375. The van der Waals surface area contributed by atoms with Gasteiger partial charge in [0.2, 0.25) is 5.88 Å². The molecular weight excluding hydrogens is 227 g/mol. The van der Waals surface area contributed by atoms with Crippen LogP contribution in [0.5, 0.6) is 5.88 Å². The Kier molecular flexibility index (Phi) is 3.55. The minimum Gasteiger partial charge on any atom is -0.397 e. The second-order valence-electron chi connectivity index (χ2n) is 2.89. The summed E-state index contributed by atoms with van der Waals surface area (Å²) in [6, 6.07) is 0.988. The van der Waals surface area contributed by atoms with Crippen molar-refractivity contribution in [1.82, 2.24) is 4.98 Å². The fourth-order valence-electron chi connectivity index (χ4n) is 1.10. The summed E-state index contributed by atoms with van der Waals surface area (Å²) in [4.78, 5) is 3.41. The third kappa shape index (κ3) is 2.97. The molecule has 0 spiro atoms. The van der Waals surface area contributed by atoms with Gasteiger partial charge in [-0.25, -0.2) is 4.98 Å². The molecule has 0 bridgehead atoms. The van der Waals surface area contributed by atoms with E-state index in [-0.39, 0.29) is 23.5 Å². The highest BCUT2D eigenvalue weighted by molar-refractivity contribution is 5.52. The Labute approximate surface area is 88.8 Å². The molecule has 0 aliphatic rings. The normalized spacial score (nSPS) is 11.6. The van der Waals surface area contributed by atoms with Crippen molar-refractivity contribution in [3.8, 4) is 5.88 Å². The first-order valence-corrected chi connectivity index (χ1v) is 4.22. The van der Waals surface area contributed by atoms with Crippen LogP contribution in [0.25, 0.3) is 0 Å². The van der Waals surface area contributed by atoms with Crippen LogP contribution in [-0.2, 0) is 13.2 Å². The number of pyridine rings is 1. The van der Waals surface area contributed by atoms with Crippen LogP contribution in [0.3, 0.4) is 0 Å². The van der Waals surface area contributed by atoms with Crippen LogP contribution in [0, 0.1) is 0 Å². The van der Waals surface area contributed by atoms with E-state index in [2.05, 4.69) is 9.72 Å². The molecule has 0 aliphatic heterocycles. The Morgan fingerprint density at radius 2 is 2.06 bits per heavy atom. The minimum absolute atomic E-state index is 0.0690. The SMILES string of the molecule is NCc1cc(OC(F)(F)F)nc(CO)c1N. The molecule has 5 N–H and O–H groups in total. The third-order valence-corrected chi connectivity index (χ3v) is 1.79. The summed E-state index contributed by atoms with van der Waals surface area (Å²) in [5.74, 6) is -0.689. The van der Waals surface area contributed by atoms with Crippen molar-refractivity contribution >= 4 is 5.69 Å². The summed E-state index contributed by atoms with van der Waals surface area (Å²) in [6.45, 7) is -0.663. The molecule has 8 heteroatoms. The largest absolute Gasteiger partial charge is 0.574 e. The number of hydrogen-bond acceptors (Lipinski definition) is 5. The molecule has 0 aliphatic carbocycles. The molecular formula is C8H10F3N3O2. The highest BCUT2D eigenvalue weighted by Crippen LogP contribution is 2.25. The zero-order chi connectivity index (χ0) is 12.3. The molecule has 90 valence electrons. The number of halogens is 3. The van der Waals surface area contributed by atoms with Crippen LogP contribution in [0.15, 0.2) is 6.07 Å². The van der Waals surface area contributed by atoms with E-state index in [1.54, 1.807) is 0 Å². The number of anilines is 1. The van der Waals surface area contributed by atoms with Crippen molar-refractivity contribution in [1.29, 1.82) is 0 Å². The van der Waals surface area contributed by atoms with Gasteiger partial charge in [0.15, 0.2) is 0 Å². The monoisotopic (exact) mass is 237 g/mol. The first kappa shape index (κ1) is 12.5. The number of aliphatic hydroxyl groups excluding tert-OH is 1. The molecule has 0 aromatic carbocycles. The number of aliphatic hydroxyl groups is 1. The summed E-state index contributed by atoms with van der Waals surface area (Å²) in [7, 11) is 0. The van der Waals surface area contributed by atoms with Gasteiger partial charge in [-0.15, -0.1) is 13.2 Å². The maximum Gasteiger partial charge on any atom is 0.574 e. The van der Waals surface area contributed by atoms with E-state index in [1.165, 1.54) is 0 Å². The van der Waals surface area contributed by atoms with Crippen molar-refractivity contribution in [2.45, 2.75) is 19.5 Å². The van der Waals surface area contributed by atoms with E-state index in [0.717, 1.165) is 6.07 Å². The van der Waals surface area contributed by atoms with Crippen molar-refractivity contribution in [2.24, 2.45) is 5.73 Å². The van der Waals surface area contributed by atoms with E-state index >= 15 is 0 Å². The van der Waals surface area contributed by atoms with Crippen molar-refractivity contribution < 1.29 is 23.0 Å². The summed E-state index contributed by atoms with van der Waals surface area (Å²) in [5.41, 5.74) is 11.0. The highest BCUT2D eigenvalue weighted by atomic mass is 19.4. The third-order valence-electron chi connectivity index (χ3n) is 1.79. The molecule has 1 heterocycles. The quantitative estimate of drug-likeness (QED) is 0.712. The van der Waals surface area contributed by atoms with Crippen LogP contribution in [-0.4, -0.2) is 16.5 Å². The number of nitrogen functional groups attached to an aromatic ring is 1. The lowest BCUT2D eigenvalue weighted by molar-refractivity contribution is -0.276. The van der Waals surface area contributed by atoms with Crippen LogP contribution >= 0.6 is 0 Å². The number of nitrogens with zero attached hydrogens (tertiary/aromatic N) is 1. The topological polar surface area (TPSA) is 94.4 Å². The van der Waals surface area contributed by atoms with Gasteiger partial charge in [-0.05, 0) is 5.56 Å². The van der Waals surface area contributed by atoms with Gasteiger partial charge in [-0.3, -0.25) is 0 Å². The number of rotatable bonds is 3. The molecule has 16 heavy (non-hydrogen) atoms. The first-order chi connectivity index (χ1) is 7.37. The molecule has 0 radical (unpaired) electrons. The van der Waals surface area contributed by atoms with Crippen molar-refractivity contribution in [2.75, 3.05) is 5.73 Å². The Morgan fingerprint density at radius 3 is 2.50 bits per heavy atom. The van der Waals surface area contributed by atoms with Crippen LogP contribution < -0.4 is 16.2 Å². The van der Waals surface area contributed by atoms with Crippen LogP contribution in [0.4, 0.5) is 18.9 Å². The Hall–Kier alpha value is -1.54. The molecule has 1 aromatic rings. The molecule has 1 aromatic heterocycles. The van der Waals surface area contributed by atoms with E-state index in [4.69, 9.17) is 16.6 Å². The van der Waals surface area contributed by atoms with E-state index in [1.807, 2.05) is 0 Å². The zero-order valence-corrected chi connectivity index (χ0v) is 8.08. The molecule has 0 atom stereocenters. The van der Waals surface area contributed by atoms with Gasteiger partial charge in [0.05, 0.1) is 18.0 Å². The van der Waals surface area contributed by atoms with Gasteiger partial charge in [-0.2, -0.15) is 0 Å². The van der Waals surface area contributed by atoms with Crippen molar-refractivity contribution in [3.63, 3.8) is 0 Å². The van der Waals surface area contributed by atoms with E-state index < -0.39 is 18.8 Å². The summed E-state index contributed by atoms with van der Waals surface area (Å²) >= 11 is 0. The Bertz CT molecular complexity index is 356. The minimum atomic E-state index is -4.85. The molecule has 5 nitrogen and oxygen atoms in total. The summed E-state index contributed by atoms with van der Waals surface area (Å²) in [5, 5.41) is 8.84. The average Bonchev–Trinajstić information content (AvgIpc) is 2.18. The fourth-order valence-corrected chi connectivity index (χ4v) is 1.10. The number of ether oxygens (including phenoxy) is 1. The van der Waals surface area contributed by atoms with Gasteiger partial charge in [0, 0.05) is 12.6 Å². The number of nitrogens with two attached hydrogens (primary N) is 2. The number of aromatic nitrogens is 1.